The summed E-state index contributed by atoms with van der Waals surface area (Å²) in [5.41, 5.74) is 7.00. The fourth-order valence-electron chi connectivity index (χ4n) is 2.04. The molecule has 0 saturated heterocycles. The predicted octanol–water partition coefficient (Wildman–Crippen LogP) is 1.83. The topological polar surface area (TPSA) is 107 Å². The van der Waals surface area contributed by atoms with Gasteiger partial charge in [0.1, 0.15) is 0 Å². The molecule has 0 aliphatic heterocycles. The first kappa shape index (κ1) is 17.1. The van der Waals surface area contributed by atoms with Gasteiger partial charge in [-0.2, -0.15) is 0 Å². The van der Waals surface area contributed by atoms with E-state index in [4.69, 9.17) is 5.73 Å². The Labute approximate surface area is 128 Å². The summed E-state index contributed by atoms with van der Waals surface area (Å²) in [5, 5.41) is 38.6. The highest BCUT2D eigenvalue weighted by atomic mass is 35.5. The second-order valence-electron chi connectivity index (χ2n) is 4.65. The van der Waals surface area contributed by atoms with Gasteiger partial charge < -0.3 is 26.2 Å². The van der Waals surface area contributed by atoms with Crippen LogP contribution in [0.5, 0.6) is 17.2 Å². The lowest BCUT2D eigenvalue weighted by molar-refractivity contribution is 0.143. The highest BCUT2D eigenvalue weighted by Gasteiger charge is 2.23. The maximum atomic E-state index is 10.1. The summed E-state index contributed by atoms with van der Waals surface area (Å²) in [4.78, 5) is 0. The third-order valence-electron chi connectivity index (χ3n) is 3.22. The summed E-state index contributed by atoms with van der Waals surface area (Å²) in [6, 6.07) is 11.0. The van der Waals surface area contributed by atoms with Crippen molar-refractivity contribution >= 4 is 12.4 Å². The van der Waals surface area contributed by atoms with E-state index in [1.165, 1.54) is 12.1 Å². The fraction of sp³-hybridized carbons (Fsp3) is 0.200. The van der Waals surface area contributed by atoms with Crippen LogP contribution >= 0.6 is 12.4 Å². The number of aliphatic hydroxyl groups is 1. The molecule has 0 aromatic heterocycles. The Morgan fingerprint density at radius 2 is 1.52 bits per heavy atom. The van der Waals surface area contributed by atoms with Crippen molar-refractivity contribution in [3.05, 3.63) is 53.6 Å². The third kappa shape index (κ3) is 3.78. The monoisotopic (exact) mass is 311 g/mol. The van der Waals surface area contributed by atoms with Crippen molar-refractivity contribution in [1.82, 2.24) is 0 Å². The van der Waals surface area contributed by atoms with Crippen LogP contribution in [0.2, 0.25) is 0 Å². The largest absolute Gasteiger partial charge is 0.504 e. The zero-order chi connectivity index (χ0) is 14.7. The predicted molar refractivity (Wildman–Crippen MR) is 81.8 cm³/mol. The molecule has 5 nitrogen and oxygen atoms in total. The van der Waals surface area contributed by atoms with Crippen molar-refractivity contribution in [3.8, 4) is 17.2 Å². The van der Waals surface area contributed by atoms with Crippen molar-refractivity contribution < 1.29 is 20.4 Å². The Morgan fingerprint density at radius 1 is 0.905 bits per heavy atom. The number of aliphatic hydroxyl groups excluding tert-OH is 1. The molecule has 6 N–H and O–H groups in total. The molecule has 0 fully saturated rings. The minimum atomic E-state index is -0.924. The highest BCUT2D eigenvalue weighted by Crippen LogP contribution is 2.39. The molecule has 6 heteroatoms. The second-order valence-corrected chi connectivity index (χ2v) is 4.65. The van der Waals surface area contributed by atoms with Crippen LogP contribution in [0.15, 0.2) is 42.5 Å². The lowest BCUT2D eigenvalue weighted by atomic mass is 9.96. The molecule has 0 unspecified atom stereocenters. The average Bonchev–Trinajstić information content (AvgIpc) is 2.45. The van der Waals surface area contributed by atoms with E-state index in [-0.39, 0.29) is 18.0 Å². The molecule has 0 spiro atoms. The summed E-state index contributed by atoms with van der Waals surface area (Å²) in [6.07, 6.45) is -0.601. The van der Waals surface area contributed by atoms with Crippen LogP contribution in [0.1, 0.15) is 17.2 Å². The van der Waals surface area contributed by atoms with Crippen molar-refractivity contribution in [1.29, 1.82) is 0 Å². The van der Waals surface area contributed by atoms with Crippen molar-refractivity contribution in [3.63, 3.8) is 0 Å². The number of halogens is 1. The van der Waals surface area contributed by atoms with Crippen LogP contribution < -0.4 is 5.73 Å². The summed E-state index contributed by atoms with van der Waals surface area (Å²) in [7, 11) is 0. The van der Waals surface area contributed by atoms with E-state index in [0.717, 1.165) is 5.56 Å². The van der Waals surface area contributed by atoms with Gasteiger partial charge >= 0.3 is 0 Å². The van der Waals surface area contributed by atoms with Gasteiger partial charge in [-0.1, -0.05) is 30.3 Å². The molecule has 2 atom stereocenters. The van der Waals surface area contributed by atoms with Gasteiger partial charge in [0.15, 0.2) is 11.5 Å². The highest BCUT2D eigenvalue weighted by molar-refractivity contribution is 5.85. The van der Waals surface area contributed by atoms with E-state index < -0.39 is 29.4 Å². The lowest BCUT2D eigenvalue weighted by Gasteiger charge is -2.20. The van der Waals surface area contributed by atoms with Crippen molar-refractivity contribution in [2.45, 2.75) is 18.6 Å². The normalized spacial score (nSPS) is 13.2. The molecule has 0 amide bonds. The first-order valence-electron chi connectivity index (χ1n) is 6.22. The Bertz CT molecular complexity index is 592. The van der Waals surface area contributed by atoms with E-state index in [9.17, 15) is 20.4 Å². The molecule has 0 heterocycles. The first-order valence-corrected chi connectivity index (χ1v) is 6.22. The number of phenolic OH excluding ortho intramolecular Hbond substituents is 3. The van der Waals surface area contributed by atoms with E-state index in [1.807, 2.05) is 30.3 Å². The molecule has 0 saturated carbocycles. The number of aromatic hydroxyl groups is 3. The van der Waals surface area contributed by atoms with Gasteiger partial charge in [0.2, 0.25) is 5.75 Å². The Kier molecular flexibility index (Phi) is 5.84. The molecule has 0 radical (unpaired) electrons. The lowest BCUT2D eigenvalue weighted by Crippen LogP contribution is -2.28. The van der Waals surface area contributed by atoms with Crippen LogP contribution in [0, 0.1) is 0 Å². The van der Waals surface area contributed by atoms with E-state index in [2.05, 4.69) is 0 Å². The summed E-state index contributed by atoms with van der Waals surface area (Å²) >= 11 is 0. The number of rotatable bonds is 4. The molecule has 21 heavy (non-hydrogen) atoms. The number of nitrogens with two attached hydrogens (primary N) is 1. The number of phenols is 3. The van der Waals surface area contributed by atoms with Gasteiger partial charge in [0.25, 0.3) is 0 Å². The fourth-order valence-corrected chi connectivity index (χ4v) is 2.04. The van der Waals surface area contributed by atoms with Gasteiger partial charge in [-0.05, 0) is 17.7 Å². The zero-order valence-corrected chi connectivity index (χ0v) is 12.0. The van der Waals surface area contributed by atoms with Gasteiger partial charge in [-0.25, -0.2) is 0 Å². The van der Waals surface area contributed by atoms with Crippen LogP contribution in [0.4, 0.5) is 0 Å². The van der Waals surface area contributed by atoms with Crippen molar-refractivity contribution in [2.24, 2.45) is 5.73 Å². The van der Waals surface area contributed by atoms with Crippen LogP contribution in [0.25, 0.3) is 0 Å². The molecule has 2 aromatic rings. The van der Waals surface area contributed by atoms with Gasteiger partial charge in [-0.3, -0.25) is 0 Å². The standard InChI is InChI=1S/C15H17NO4.ClH/c16-13(10-6-7-11(17)15(20)14(10)19)12(18)8-9-4-2-1-3-5-9;/h1-7,12-13,17-20H,8,16H2;1H/t12-,13+;/m0./s1. The Balaban J connectivity index is 0.00000220. The quantitative estimate of drug-likeness (QED) is 0.554. The number of hydrogen-bond acceptors (Lipinski definition) is 5. The second kappa shape index (κ2) is 7.17. The molecule has 2 rings (SSSR count). The molecule has 114 valence electrons. The first-order chi connectivity index (χ1) is 9.50. The third-order valence-corrected chi connectivity index (χ3v) is 3.22. The van der Waals surface area contributed by atoms with Crippen LogP contribution in [-0.2, 0) is 6.42 Å². The van der Waals surface area contributed by atoms with E-state index >= 15 is 0 Å². The maximum absolute atomic E-state index is 10.1. The van der Waals surface area contributed by atoms with Crippen molar-refractivity contribution in [2.75, 3.05) is 0 Å². The average molecular weight is 312 g/mol. The van der Waals surface area contributed by atoms with Crippen LogP contribution in [-0.4, -0.2) is 26.5 Å². The minimum absolute atomic E-state index is 0. The smallest absolute Gasteiger partial charge is 0.200 e. The zero-order valence-electron chi connectivity index (χ0n) is 11.2. The molecule has 0 bridgehead atoms. The van der Waals surface area contributed by atoms with E-state index in [1.54, 1.807) is 0 Å². The molecule has 2 aromatic carbocycles. The van der Waals surface area contributed by atoms with E-state index in [0.29, 0.717) is 6.42 Å². The summed E-state index contributed by atoms with van der Waals surface area (Å²) in [6.45, 7) is 0. The number of hydrogen-bond donors (Lipinski definition) is 5. The van der Waals surface area contributed by atoms with Gasteiger partial charge in [0, 0.05) is 12.0 Å². The maximum Gasteiger partial charge on any atom is 0.200 e. The van der Waals surface area contributed by atoms with Gasteiger partial charge in [0.05, 0.1) is 12.1 Å². The number of benzene rings is 2. The Hall–Kier alpha value is -1.95. The molecule has 0 aliphatic carbocycles. The molecular formula is C15H18ClNO4. The Morgan fingerprint density at radius 3 is 2.14 bits per heavy atom. The summed E-state index contributed by atoms with van der Waals surface area (Å²) in [5.74, 6) is -1.58. The SMILES string of the molecule is Cl.N[C@H](c1ccc(O)c(O)c1O)[C@@H](O)Cc1ccccc1. The van der Waals surface area contributed by atoms with Crippen LogP contribution in [0.3, 0.4) is 0 Å². The molecule has 0 aliphatic rings. The van der Waals surface area contributed by atoms with Gasteiger partial charge in [-0.15, -0.1) is 12.4 Å². The summed E-state index contributed by atoms with van der Waals surface area (Å²) < 4.78 is 0. The minimum Gasteiger partial charge on any atom is -0.504 e. The molecular weight excluding hydrogens is 294 g/mol.